The highest BCUT2D eigenvalue weighted by atomic mass is 32.2. The third-order valence-corrected chi connectivity index (χ3v) is 6.17. The summed E-state index contributed by atoms with van der Waals surface area (Å²) in [4.78, 5) is 10.8. The van der Waals surface area contributed by atoms with Gasteiger partial charge in [0, 0.05) is 22.7 Å². The molecule has 116 valence electrons. The number of hydrogen-bond acceptors (Lipinski definition) is 3. The Morgan fingerprint density at radius 3 is 2.76 bits per heavy atom. The lowest BCUT2D eigenvalue weighted by molar-refractivity contribution is -0.138. The van der Waals surface area contributed by atoms with E-state index in [1.165, 1.54) is 25.7 Å². The van der Waals surface area contributed by atoms with Crippen LogP contribution in [0.5, 0.6) is 0 Å². The molecular formula is C15H22N2O3S. The van der Waals surface area contributed by atoms with Crippen LogP contribution in [-0.2, 0) is 21.3 Å². The zero-order chi connectivity index (χ0) is 14.9. The quantitative estimate of drug-likeness (QED) is 0.840. The van der Waals surface area contributed by atoms with Gasteiger partial charge in [-0.2, -0.15) is 5.10 Å². The molecule has 2 fully saturated rings. The predicted octanol–water partition coefficient (Wildman–Crippen LogP) is 2.50. The van der Waals surface area contributed by atoms with Crippen molar-refractivity contribution in [3.8, 4) is 0 Å². The molecule has 1 unspecified atom stereocenters. The summed E-state index contributed by atoms with van der Waals surface area (Å²) in [6.07, 6.45) is 8.83. The Morgan fingerprint density at radius 1 is 1.43 bits per heavy atom. The van der Waals surface area contributed by atoms with E-state index in [2.05, 4.69) is 5.10 Å². The average Bonchev–Trinajstić information content (AvgIpc) is 2.85. The summed E-state index contributed by atoms with van der Waals surface area (Å²) in [6.45, 7) is 0. The Hall–Kier alpha value is -1.17. The second-order valence-corrected chi connectivity index (χ2v) is 7.98. The van der Waals surface area contributed by atoms with Gasteiger partial charge in [-0.15, -0.1) is 0 Å². The fourth-order valence-corrected chi connectivity index (χ4v) is 4.91. The van der Waals surface area contributed by atoms with E-state index in [1.807, 2.05) is 16.9 Å². The minimum Gasteiger partial charge on any atom is -0.481 e. The van der Waals surface area contributed by atoms with Gasteiger partial charge < -0.3 is 5.11 Å². The largest absolute Gasteiger partial charge is 0.481 e. The Bertz CT molecular complexity index is 545. The topological polar surface area (TPSA) is 72.2 Å². The molecule has 2 saturated carbocycles. The summed E-state index contributed by atoms with van der Waals surface area (Å²) < 4.78 is 14.3. The second-order valence-electron chi connectivity index (χ2n) is 6.52. The van der Waals surface area contributed by atoms with Crippen molar-refractivity contribution >= 4 is 16.8 Å². The Balaban J connectivity index is 1.54. The molecular weight excluding hydrogens is 288 g/mol. The van der Waals surface area contributed by atoms with Crippen molar-refractivity contribution in [1.29, 1.82) is 0 Å². The van der Waals surface area contributed by atoms with Crippen LogP contribution in [0.15, 0.2) is 12.3 Å². The second kappa shape index (κ2) is 5.91. The van der Waals surface area contributed by atoms with Gasteiger partial charge in [-0.1, -0.05) is 12.8 Å². The fourth-order valence-electron chi connectivity index (χ4n) is 3.25. The minimum atomic E-state index is -1.02. The van der Waals surface area contributed by atoms with Crippen molar-refractivity contribution < 1.29 is 14.1 Å². The van der Waals surface area contributed by atoms with Gasteiger partial charge in [0.2, 0.25) is 0 Å². The summed E-state index contributed by atoms with van der Waals surface area (Å²) in [7, 11) is -1.02. The summed E-state index contributed by atoms with van der Waals surface area (Å²) in [5.74, 6) is 0.159. The molecule has 1 atom stereocenters. The van der Waals surface area contributed by atoms with Gasteiger partial charge in [-0.25, -0.2) is 0 Å². The molecule has 0 spiro atoms. The highest BCUT2D eigenvalue weighted by Gasteiger charge is 2.45. The molecule has 1 aromatic rings. The molecule has 1 N–H and O–H groups in total. The fraction of sp³-hybridized carbons (Fsp3) is 0.733. The molecule has 21 heavy (non-hydrogen) atoms. The molecule has 3 rings (SSSR count). The Labute approximate surface area is 127 Å². The van der Waals surface area contributed by atoms with Crippen LogP contribution in [0.3, 0.4) is 0 Å². The van der Waals surface area contributed by atoms with E-state index < -0.39 is 16.8 Å². The number of carboxylic acids is 1. The number of hydrogen-bond donors (Lipinski definition) is 1. The number of aromatic nitrogens is 2. The number of rotatable bonds is 7. The molecule has 0 bridgehead atoms. The van der Waals surface area contributed by atoms with Crippen LogP contribution in [0, 0.1) is 5.41 Å². The number of nitrogens with zero attached hydrogens (tertiary/aromatic N) is 2. The van der Waals surface area contributed by atoms with Crippen LogP contribution in [0.4, 0.5) is 0 Å². The van der Waals surface area contributed by atoms with Crippen molar-refractivity contribution in [2.45, 2.75) is 56.7 Å². The first-order valence-corrected chi connectivity index (χ1v) is 9.16. The molecule has 0 radical (unpaired) electrons. The first-order chi connectivity index (χ1) is 10.1. The summed E-state index contributed by atoms with van der Waals surface area (Å²) >= 11 is 0. The van der Waals surface area contributed by atoms with E-state index in [0.29, 0.717) is 17.5 Å². The molecule has 2 aliphatic rings. The van der Waals surface area contributed by atoms with Gasteiger partial charge in [-0.3, -0.25) is 13.7 Å². The zero-order valence-electron chi connectivity index (χ0n) is 12.2. The molecule has 1 heterocycles. The first-order valence-electron chi connectivity index (χ1n) is 7.67. The summed E-state index contributed by atoms with van der Waals surface area (Å²) in [5.41, 5.74) is 0.663. The molecule has 2 aliphatic carbocycles. The lowest BCUT2D eigenvalue weighted by Gasteiger charge is -2.11. The van der Waals surface area contributed by atoms with Crippen molar-refractivity contribution in [3.05, 3.63) is 18.0 Å². The molecule has 5 nitrogen and oxygen atoms in total. The van der Waals surface area contributed by atoms with Gasteiger partial charge in [0.05, 0.1) is 23.9 Å². The normalized spacial score (nSPS) is 22.3. The van der Waals surface area contributed by atoms with E-state index in [1.54, 1.807) is 0 Å². The lowest BCUT2D eigenvalue weighted by Crippen LogP contribution is -2.17. The third-order valence-electron chi connectivity index (χ3n) is 4.62. The highest BCUT2D eigenvalue weighted by Crippen LogP contribution is 2.49. The maximum Gasteiger partial charge on any atom is 0.303 e. The Kier molecular flexibility index (Phi) is 4.15. The summed E-state index contributed by atoms with van der Waals surface area (Å²) in [5, 5.41) is 13.5. The average molecular weight is 310 g/mol. The predicted molar refractivity (Wildman–Crippen MR) is 80.4 cm³/mol. The van der Waals surface area contributed by atoms with E-state index in [4.69, 9.17) is 5.11 Å². The SMILES string of the molecule is O=C(O)CC1(CS(=O)Cc2ccn(C3CCCC3)n2)CC1. The number of carboxylic acid groups (broad SMARTS) is 1. The van der Waals surface area contributed by atoms with Crippen molar-refractivity contribution in [2.24, 2.45) is 5.41 Å². The molecule has 6 heteroatoms. The summed E-state index contributed by atoms with van der Waals surface area (Å²) in [6, 6.07) is 2.46. The van der Waals surface area contributed by atoms with E-state index in [9.17, 15) is 9.00 Å². The van der Waals surface area contributed by atoms with Crippen molar-refractivity contribution in [1.82, 2.24) is 9.78 Å². The maximum atomic E-state index is 12.2. The van der Waals surface area contributed by atoms with Gasteiger partial charge in [-0.05, 0) is 37.2 Å². The monoisotopic (exact) mass is 310 g/mol. The van der Waals surface area contributed by atoms with E-state index in [-0.39, 0.29) is 11.8 Å². The van der Waals surface area contributed by atoms with Crippen LogP contribution >= 0.6 is 0 Å². The van der Waals surface area contributed by atoms with Crippen LogP contribution in [0.25, 0.3) is 0 Å². The first kappa shape index (κ1) is 14.8. The van der Waals surface area contributed by atoms with Crippen LogP contribution in [0.1, 0.15) is 56.7 Å². The minimum absolute atomic E-state index is 0.148. The number of carbonyl (C=O) groups is 1. The molecule has 0 aromatic carbocycles. The highest BCUT2D eigenvalue weighted by molar-refractivity contribution is 7.84. The third kappa shape index (κ3) is 3.73. The van der Waals surface area contributed by atoms with E-state index in [0.717, 1.165) is 18.5 Å². The molecule has 0 saturated heterocycles. The molecule has 1 aromatic heterocycles. The van der Waals surface area contributed by atoms with Crippen molar-refractivity contribution in [2.75, 3.05) is 5.75 Å². The maximum absolute atomic E-state index is 12.2. The van der Waals surface area contributed by atoms with Gasteiger partial charge in [0.1, 0.15) is 0 Å². The van der Waals surface area contributed by atoms with Crippen molar-refractivity contribution in [3.63, 3.8) is 0 Å². The van der Waals surface area contributed by atoms with Crippen LogP contribution in [-0.4, -0.2) is 30.8 Å². The molecule has 0 aliphatic heterocycles. The molecule has 0 amide bonds. The van der Waals surface area contributed by atoms with Gasteiger partial charge in [0.15, 0.2) is 0 Å². The zero-order valence-corrected chi connectivity index (χ0v) is 13.0. The number of aliphatic carboxylic acids is 1. The standard InChI is InChI=1S/C15H22N2O3S/c18-14(19)9-15(6-7-15)11-21(20)10-12-5-8-17(16-12)13-3-1-2-4-13/h5,8,13H,1-4,6-7,9-11H2,(H,18,19). The lowest BCUT2D eigenvalue weighted by atomic mass is 10.1. The van der Waals surface area contributed by atoms with Crippen LogP contribution < -0.4 is 0 Å². The van der Waals surface area contributed by atoms with Gasteiger partial charge >= 0.3 is 5.97 Å². The smallest absolute Gasteiger partial charge is 0.303 e. The van der Waals surface area contributed by atoms with Gasteiger partial charge in [0.25, 0.3) is 0 Å². The Morgan fingerprint density at radius 2 is 2.14 bits per heavy atom. The van der Waals surface area contributed by atoms with E-state index >= 15 is 0 Å². The van der Waals surface area contributed by atoms with Crippen LogP contribution in [0.2, 0.25) is 0 Å².